The summed E-state index contributed by atoms with van der Waals surface area (Å²) in [4.78, 5) is 28.4. The molecule has 3 rings (SSSR count). The molecule has 1 aromatic heterocycles. The van der Waals surface area contributed by atoms with E-state index in [2.05, 4.69) is 5.32 Å². The van der Waals surface area contributed by atoms with Crippen LogP contribution in [0, 0.1) is 6.92 Å². The van der Waals surface area contributed by atoms with Crippen molar-refractivity contribution in [2.24, 2.45) is 0 Å². The van der Waals surface area contributed by atoms with Gasteiger partial charge in [0.1, 0.15) is 0 Å². The van der Waals surface area contributed by atoms with E-state index in [0.29, 0.717) is 18.8 Å². The first-order valence-electron chi connectivity index (χ1n) is 7.44. The Hall–Kier alpha value is -2.18. The maximum Gasteiger partial charge on any atom is 0.268 e. The number of aliphatic hydroxyl groups is 1. The molecule has 2 N–H and O–H groups in total. The third kappa shape index (κ3) is 3.00. The van der Waals surface area contributed by atoms with Crippen molar-refractivity contribution in [1.82, 2.24) is 5.32 Å². The van der Waals surface area contributed by atoms with Crippen LogP contribution in [0.3, 0.4) is 0 Å². The van der Waals surface area contributed by atoms with Gasteiger partial charge in [-0.3, -0.25) is 9.59 Å². The minimum absolute atomic E-state index is 0.0933. The van der Waals surface area contributed by atoms with Gasteiger partial charge in [-0.2, -0.15) is 0 Å². The van der Waals surface area contributed by atoms with Crippen LogP contribution in [-0.2, 0) is 16.1 Å². The van der Waals surface area contributed by atoms with Gasteiger partial charge in [-0.1, -0.05) is 18.2 Å². The van der Waals surface area contributed by atoms with Crippen molar-refractivity contribution in [1.29, 1.82) is 0 Å². The van der Waals surface area contributed by atoms with Gasteiger partial charge in [0.05, 0.1) is 6.54 Å². The van der Waals surface area contributed by atoms with Crippen LogP contribution in [0.4, 0.5) is 5.69 Å². The second-order valence-corrected chi connectivity index (χ2v) is 6.97. The number of hydrogen-bond acceptors (Lipinski definition) is 4. The number of para-hydroxylation sites is 1. The Balaban J connectivity index is 1.69. The Morgan fingerprint density at radius 1 is 1.30 bits per heavy atom. The molecule has 0 spiro atoms. The van der Waals surface area contributed by atoms with E-state index in [1.807, 2.05) is 37.3 Å². The standard InChI is InChI=1S/C17H18N2O3S/c1-12-7-8-14(23-12)11-18-15(20)17(22)9-10-19(16(17)21)13-5-3-2-4-6-13/h2-8,22H,9-11H2,1H3,(H,18,20)/t17-/m0/s1. The summed E-state index contributed by atoms with van der Waals surface area (Å²) in [6.07, 6.45) is 0.0933. The molecule has 1 atom stereocenters. The van der Waals surface area contributed by atoms with Gasteiger partial charge < -0.3 is 15.3 Å². The Labute approximate surface area is 138 Å². The monoisotopic (exact) mass is 330 g/mol. The van der Waals surface area contributed by atoms with E-state index in [1.165, 1.54) is 4.90 Å². The highest BCUT2D eigenvalue weighted by atomic mass is 32.1. The largest absolute Gasteiger partial charge is 0.372 e. The van der Waals surface area contributed by atoms with Crippen molar-refractivity contribution in [3.05, 3.63) is 52.2 Å². The smallest absolute Gasteiger partial charge is 0.268 e. The summed E-state index contributed by atoms with van der Waals surface area (Å²) in [5.74, 6) is -1.20. The molecule has 0 aliphatic carbocycles. The second-order valence-electron chi connectivity index (χ2n) is 5.60. The minimum Gasteiger partial charge on any atom is -0.372 e. The Morgan fingerprint density at radius 3 is 2.70 bits per heavy atom. The lowest BCUT2D eigenvalue weighted by Gasteiger charge is -2.21. The third-order valence-corrected chi connectivity index (χ3v) is 4.96. The quantitative estimate of drug-likeness (QED) is 0.841. The number of anilines is 1. The minimum atomic E-state index is -1.98. The van der Waals surface area contributed by atoms with Crippen molar-refractivity contribution < 1.29 is 14.7 Å². The normalized spacial score (nSPS) is 20.8. The highest BCUT2D eigenvalue weighted by molar-refractivity contribution is 7.11. The fourth-order valence-corrected chi connectivity index (χ4v) is 3.49. The number of hydrogen-bond donors (Lipinski definition) is 2. The molecule has 1 fully saturated rings. The fourth-order valence-electron chi connectivity index (χ4n) is 2.66. The van der Waals surface area contributed by atoms with E-state index >= 15 is 0 Å². The van der Waals surface area contributed by atoms with Gasteiger partial charge in [-0.05, 0) is 31.2 Å². The van der Waals surface area contributed by atoms with E-state index in [1.54, 1.807) is 23.5 Å². The van der Waals surface area contributed by atoms with E-state index in [4.69, 9.17) is 0 Å². The van der Waals surface area contributed by atoms with Gasteiger partial charge in [0.15, 0.2) is 0 Å². The number of benzene rings is 1. The number of rotatable bonds is 4. The average molecular weight is 330 g/mol. The zero-order chi connectivity index (χ0) is 16.4. The molecule has 2 amide bonds. The lowest BCUT2D eigenvalue weighted by molar-refractivity contribution is -0.149. The SMILES string of the molecule is Cc1ccc(CNC(=O)[C@@]2(O)CCN(c3ccccc3)C2=O)s1. The van der Waals surface area contributed by atoms with Crippen molar-refractivity contribution in [3.8, 4) is 0 Å². The van der Waals surface area contributed by atoms with Crippen molar-refractivity contribution >= 4 is 28.8 Å². The molecule has 1 aliphatic heterocycles. The number of carbonyl (C=O) groups is 2. The zero-order valence-electron chi connectivity index (χ0n) is 12.8. The average Bonchev–Trinajstić information content (AvgIpc) is 3.11. The van der Waals surface area contributed by atoms with Crippen LogP contribution in [0.2, 0.25) is 0 Å². The number of amides is 2. The Morgan fingerprint density at radius 2 is 2.04 bits per heavy atom. The molecule has 6 heteroatoms. The van der Waals surface area contributed by atoms with Gasteiger partial charge in [0.2, 0.25) is 5.60 Å². The van der Waals surface area contributed by atoms with Crippen LogP contribution >= 0.6 is 11.3 Å². The summed E-state index contributed by atoms with van der Waals surface area (Å²) >= 11 is 1.58. The molecule has 23 heavy (non-hydrogen) atoms. The number of nitrogens with one attached hydrogen (secondary N) is 1. The number of thiophene rings is 1. The predicted molar refractivity (Wildman–Crippen MR) is 89.3 cm³/mol. The third-order valence-electron chi connectivity index (χ3n) is 3.96. The lowest BCUT2D eigenvalue weighted by atomic mass is 10.0. The number of nitrogens with zero attached hydrogens (tertiary/aromatic N) is 1. The molecule has 5 nitrogen and oxygen atoms in total. The summed E-state index contributed by atoms with van der Waals surface area (Å²) in [7, 11) is 0. The van der Waals surface area contributed by atoms with Gasteiger partial charge in [-0.25, -0.2) is 0 Å². The maximum absolute atomic E-state index is 12.5. The van der Waals surface area contributed by atoms with Crippen LogP contribution < -0.4 is 10.2 Å². The molecular weight excluding hydrogens is 312 g/mol. The summed E-state index contributed by atoms with van der Waals surface area (Å²) in [6, 6.07) is 13.0. The van der Waals surface area contributed by atoms with E-state index < -0.39 is 17.4 Å². The van der Waals surface area contributed by atoms with Crippen molar-refractivity contribution in [2.75, 3.05) is 11.4 Å². The molecule has 2 heterocycles. The highest BCUT2D eigenvalue weighted by Crippen LogP contribution is 2.28. The van der Waals surface area contributed by atoms with Gasteiger partial charge >= 0.3 is 0 Å². The molecule has 1 saturated heterocycles. The first kappa shape index (κ1) is 15.7. The molecule has 0 unspecified atom stereocenters. The van der Waals surface area contributed by atoms with E-state index in [-0.39, 0.29) is 6.42 Å². The number of aryl methyl sites for hydroxylation is 1. The molecule has 1 aliphatic rings. The summed E-state index contributed by atoms with van der Waals surface area (Å²) in [5.41, 5.74) is -1.29. The zero-order valence-corrected chi connectivity index (χ0v) is 13.6. The van der Waals surface area contributed by atoms with Gasteiger partial charge in [0.25, 0.3) is 11.8 Å². The predicted octanol–water partition coefficient (Wildman–Crippen LogP) is 1.84. The summed E-state index contributed by atoms with van der Waals surface area (Å²) in [5, 5.41) is 13.2. The van der Waals surface area contributed by atoms with E-state index in [0.717, 1.165) is 9.75 Å². The molecule has 2 aromatic rings. The van der Waals surface area contributed by atoms with Gasteiger partial charge in [0, 0.05) is 28.4 Å². The molecule has 0 radical (unpaired) electrons. The maximum atomic E-state index is 12.5. The van der Waals surface area contributed by atoms with Crippen molar-refractivity contribution in [3.63, 3.8) is 0 Å². The van der Waals surface area contributed by atoms with Gasteiger partial charge in [-0.15, -0.1) is 11.3 Å². The van der Waals surface area contributed by atoms with E-state index in [9.17, 15) is 14.7 Å². The summed E-state index contributed by atoms with van der Waals surface area (Å²) < 4.78 is 0. The van der Waals surface area contributed by atoms with Crippen LogP contribution in [0.25, 0.3) is 0 Å². The summed E-state index contributed by atoms with van der Waals surface area (Å²) in [6.45, 7) is 2.63. The molecule has 0 bridgehead atoms. The van der Waals surface area contributed by atoms with Crippen molar-refractivity contribution in [2.45, 2.75) is 25.5 Å². The first-order valence-corrected chi connectivity index (χ1v) is 8.25. The topological polar surface area (TPSA) is 69.6 Å². The molecule has 1 aromatic carbocycles. The fraction of sp³-hybridized carbons (Fsp3) is 0.294. The van der Waals surface area contributed by atoms with Crippen LogP contribution in [-0.4, -0.2) is 29.1 Å². The number of carbonyl (C=O) groups excluding carboxylic acids is 2. The van der Waals surface area contributed by atoms with Crippen LogP contribution in [0.5, 0.6) is 0 Å². The Kier molecular flexibility index (Phi) is 4.19. The van der Waals surface area contributed by atoms with Crippen LogP contribution in [0.15, 0.2) is 42.5 Å². The molecule has 0 saturated carbocycles. The van der Waals surface area contributed by atoms with Crippen LogP contribution in [0.1, 0.15) is 16.2 Å². The second kappa shape index (κ2) is 6.14. The lowest BCUT2D eigenvalue weighted by Crippen LogP contribution is -2.52. The molecular formula is C17H18N2O3S. The Bertz CT molecular complexity index is 728. The first-order chi connectivity index (χ1) is 11.0. The highest BCUT2D eigenvalue weighted by Gasteiger charge is 2.51. The molecule has 120 valence electrons.